The molecule has 2 rings (SSSR count). The number of hydrogen-bond donors (Lipinski definition) is 2. The van der Waals surface area contributed by atoms with Gasteiger partial charge in [-0.25, -0.2) is 0 Å². The molecule has 0 fully saturated rings. The molecule has 0 saturated heterocycles. The van der Waals surface area contributed by atoms with E-state index in [-0.39, 0.29) is 11.8 Å². The van der Waals surface area contributed by atoms with E-state index >= 15 is 0 Å². The number of anilines is 1. The maximum atomic E-state index is 12.6. The molecular formula is C19H30N2O2S. The number of thiophene rings is 1. The van der Waals surface area contributed by atoms with Crippen LogP contribution in [0, 0.1) is 5.92 Å². The van der Waals surface area contributed by atoms with Crippen molar-refractivity contribution in [2.45, 2.75) is 78.1 Å². The van der Waals surface area contributed by atoms with Gasteiger partial charge in [-0.15, -0.1) is 11.3 Å². The number of primary amides is 1. The Morgan fingerprint density at radius 1 is 1.17 bits per heavy atom. The smallest absolute Gasteiger partial charge is 0.251 e. The minimum absolute atomic E-state index is 0.00959. The minimum atomic E-state index is -0.412. The first-order valence-electron chi connectivity index (χ1n) is 9.33. The van der Waals surface area contributed by atoms with Crippen LogP contribution in [0.4, 0.5) is 5.00 Å². The predicted octanol–water partition coefficient (Wildman–Crippen LogP) is 4.66. The molecule has 0 aromatic carbocycles. The first-order chi connectivity index (χ1) is 11.6. The topological polar surface area (TPSA) is 72.2 Å². The number of amides is 2. The molecule has 1 aromatic rings. The second-order valence-electron chi connectivity index (χ2n) is 6.72. The largest absolute Gasteiger partial charge is 0.365 e. The van der Waals surface area contributed by atoms with Crippen LogP contribution in [0.2, 0.25) is 0 Å². The second kappa shape index (κ2) is 9.21. The molecule has 1 aromatic heterocycles. The number of rotatable bonds is 7. The third-order valence-electron chi connectivity index (χ3n) is 4.92. The fourth-order valence-electron chi connectivity index (χ4n) is 3.45. The highest BCUT2D eigenvalue weighted by molar-refractivity contribution is 7.17. The Kier molecular flexibility index (Phi) is 7.28. The molecule has 4 nitrogen and oxygen atoms in total. The number of nitrogens with one attached hydrogen (secondary N) is 1. The van der Waals surface area contributed by atoms with Crippen LogP contribution >= 0.6 is 11.3 Å². The van der Waals surface area contributed by atoms with Gasteiger partial charge in [-0.2, -0.15) is 0 Å². The average molecular weight is 351 g/mol. The van der Waals surface area contributed by atoms with Crippen LogP contribution in [0.1, 0.15) is 86.0 Å². The van der Waals surface area contributed by atoms with Crippen molar-refractivity contribution in [2.24, 2.45) is 11.7 Å². The quantitative estimate of drug-likeness (QED) is 0.750. The summed E-state index contributed by atoms with van der Waals surface area (Å²) < 4.78 is 0. The van der Waals surface area contributed by atoms with Crippen LogP contribution in [-0.4, -0.2) is 11.8 Å². The Labute approximate surface area is 149 Å². The van der Waals surface area contributed by atoms with E-state index in [4.69, 9.17) is 5.73 Å². The van der Waals surface area contributed by atoms with Gasteiger partial charge in [0.2, 0.25) is 5.91 Å². The third kappa shape index (κ3) is 4.59. The van der Waals surface area contributed by atoms with Gasteiger partial charge in [-0.1, -0.05) is 39.5 Å². The van der Waals surface area contributed by atoms with Crippen molar-refractivity contribution >= 4 is 28.2 Å². The van der Waals surface area contributed by atoms with Crippen molar-refractivity contribution in [2.75, 3.05) is 5.32 Å². The van der Waals surface area contributed by atoms with E-state index in [2.05, 4.69) is 12.2 Å². The number of hydrogen-bond acceptors (Lipinski definition) is 3. The van der Waals surface area contributed by atoms with Crippen LogP contribution in [0.5, 0.6) is 0 Å². The highest BCUT2D eigenvalue weighted by atomic mass is 32.1. The maximum absolute atomic E-state index is 12.6. The molecule has 1 atom stereocenters. The highest BCUT2D eigenvalue weighted by Crippen LogP contribution is 2.37. The predicted molar refractivity (Wildman–Crippen MR) is 101 cm³/mol. The van der Waals surface area contributed by atoms with Crippen molar-refractivity contribution in [1.82, 2.24) is 0 Å². The van der Waals surface area contributed by atoms with Crippen LogP contribution in [-0.2, 0) is 17.6 Å². The van der Waals surface area contributed by atoms with Crippen LogP contribution in [0.15, 0.2) is 0 Å². The normalized spacial score (nSPS) is 15.9. The summed E-state index contributed by atoms with van der Waals surface area (Å²) >= 11 is 1.56. The molecule has 1 heterocycles. The zero-order valence-corrected chi connectivity index (χ0v) is 15.8. The molecular weight excluding hydrogens is 320 g/mol. The Balaban J connectivity index is 2.24. The first-order valence-corrected chi connectivity index (χ1v) is 10.1. The van der Waals surface area contributed by atoms with Crippen molar-refractivity contribution in [3.63, 3.8) is 0 Å². The van der Waals surface area contributed by atoms with Crippen LogP contribution < -0.4 is 11.1 Å². The zero-order chi connectivity index (χ0) is 17.5. The molecule has 5 heteroatoms. The van der Waals surface area contributed by atoms with E-state index < -0.39 is 5.91 Å². The van der Waals surface area contributed by atoms with Gasteiger partial charge in [-0.05, 0) is 44.1 Å². The van der Waals surface area contributed by atoms with E-state index in [0.717, 1.165) is 56.9 Å². The molecule has 0 bridgehead atoms. The molecule has 0 aliphatic heterocycles. The summed E-state index contributed by atoms with van der Waals surface area (Å²) in [4.78, 5) is 25.9. The van der Waals surface area contributed by atoms with Crippen molar-refractivity contribution in [3.05, 3.63) is 16.0 Å². The molecule has 24 heavy (non-hydrogen) atoms. The summed E-state index contributed by atoms with van der Waals surface area (Å²) in [5, 5.41) is 3.70. The summed E-state index contributed by atoms with van der Waals surface area (Å²) in [6, 6.07) is 0. The van der Waals surface area contributed by atoms with E-state index in [0.29, 0.717) is 10.6 Å². The molecule has 0 radical (unpaired) electrons. The Morgan fingerprint density at radius 2 is 1.88 bits per heavy atom. The molecule has 0 saturated carbocycles. The molecule has 1 aliphatic rings. The summed E-state index contributed by atoms with van der Waals surface area (Å²) in [7, 11) is 0. The summed E-state index contributed by atoms with van der Waals surface area (Å²) in [5.74, 6) is -0.372. The third-order valence-corrected chi connectivity index (χ3v) is 6.13. The van der Waals surface area contributed by atoms with Gasteiger partial charge in [0.05, 0.1) is 5.56 Å². The Hall–Kier alpha value is -1.36. The fraction of sp³-hybridized carbons (Fsp3) is 0.684. The minimum Gasteiger partial charge on any atom is -0.365 e. The standard InChI is InChI=1S/C19H30N2O2S/c1-3-5-10-13(4-2)18(23)21-19-16(17(20)22)14-11-8-6-7-9-12-15(14)24-19/h13H,3-12H2,1-2H3,(H2,20,22)(H,21,23). The lowest BCUT2D eigenvalue weighted by atomic mass is 9.96. The van der Waals surface area contributed by atoms with Crippen molar-refractivity contribution in [1.29, 1.82) is 0 Å². The average Bonchev–Trinajstić information content (AvgIpc) is 2.84. The van der Waals surface area contributed by atoms with Gasteiger partial charge in [0.1, 0.15) is 5.00 Å². The molecule has 2 amide bonds. The van der Waals surface area contributed by atoms with E-state index in [1.54, 1.807) is 11.3 Å². The van der Waals surface area contributed by atoms with Gasteiger partial charge in [-0.3, -0.25) is 9.59 Å². The summed E-state index contributed by atoms with van der Waals surface area (Å²) in [5.41, 5.74) is 7.31. The SMILES string of the molecule is CCCCC(CC)C(=O)Nc1sc2c(c1C(N)=O)CCCCCC2. The lowest BCUT2D eigenvalue weighted by Gasteiger charge is -2.14. The van der Waals surface area contributed by atoms with E-state index in [1.807, 2.05) is 6.92 Å². The Morgan fingerprint density at radius 3 is 2.50 bits per heavy atom. The van der Waals surface area contributed by atoms with E-state index in [9.17, 15) is 9.59 Å². The number of nitrogens with two attached hydrogens (primary N) is 1. The second-order valence-corrected chi connectivity index (χ2v) is 7.83. The zero-order valence-electron chi connectivity index (χ0n) is 15.0. The van der Waals surface area contributed by atoms with E-state index in [1.165, 1.54) is 17.7 Å². The highest BCUT2D eigenvalue weighted by Gasteiger charge is 2.25. The molecule has 1 unspecified atom stereocenters. The lowest BCUT2D eigenvalue weighted by Crippen LogP contribution is -2.24. The molecule has 0 spiro atoms. The van der Waals surface area contributed by atoms with Crippen molar-refractivity contribution in [3.8, 4) is 0 Å². The first kappa shape index (κ1) is 19.0. The summed E-state index contributed by atoms with van der Waals surface area (Å²) in [6.07, 6.45) is 10.4. The number of aryl methyl sites for hydroxylation is 1. The molecule has 3 N–H and O–H groups in total. The van der Waals surface area contributed by atoms with Gasteiger partial charge >= 0.3 is 0 Å². The molecule has 134 valence electrons. The van der Waals surface area contributed by atoms with Gasteiger partial charge < -0.3 is 11.1 Å². The maximum Gasteiger partial charge on any atom is 0.251 e. The van der Waals surface area contributed by atoms with Gasteiger partial charge in [0.25, 0.3) is 5.91 Å². The number of fused-ring (bicyclic) bond motifs is 1. The number of unbranched alkanes of at least 4 members (excludes halogenated alkanes) is 1. The van der Waals surface area contributed by atoms with Crippen molar-refractivity contribution < 1.29 is 9.59 Å². The Bertz CT molecular complexity index is 580. The van der Waals surface area contributed by atoms with Gasteiger partial charge in [0, 0.05) is 10.8 Å². The number of carbonyl (C=O) groups is 2. The van der Waals surface area contributed by atoms with Crippen LogP contribution in [0.25, 0.3) is 0 Å². The lowest BCUT2D eigenvalue weighted by molar-refractivity contribution is -0.120. The monoisotopic (exact) mass is 350 g/mol. The fourth-order valence-corrected chi connectivity index (χ4v) is 4.75. The van der Waals surface area contributed by atoms with Gasteiger partial charge in [0.15, 0.2) is 0 Å². The molecule has 1 aliphatic carbocycles. The number of carbonyl (C=O) groups excluding carboxylic acids is 2. The summed E-state index contributed by atoms with van der Waals surface area (Å²) in [6.45, 7) is 4.18. The van der Waals surface area contributed by atoms with Crippen LogP contribution in [0.3, 0.4) is 0 Å².